The van der Waals surface area contributed by atoms with E-state index in [1.165, 1.54) is 0 Å². The molecule has 0 amide bonds. The second kappa shape index (κ2) is 9.88. The molecule has 3 aromatic carbocycles. The minimum atomic E-state index is -0.925. The number of benzene rings is 3. The zero-order valence-corrected chi connectivity index (χ0v) is 19.4. The van der Waals surface area contributed by atoms with Gasteiger partial charge in [-0.2, -0.15) is 0 Å². The molecule has 2 heterocycles. The van der Waals surface area contributed by atoms with Crippen molar-refractivity contribution < 1.29 is 23.4 Å². The fourth-order valence-corrected chi connectivity index (χ4v) is 5.40. The summed E-state index contributed by atoms with van der Waals surface area (Å²) < 4.78 is 33.1. The van der Waals surface area contributed by atoms with Gasteiger partial charge in [-0.05, 0) is 47.0 Å². The quantitative estimate of drug-likeness (QED) is 0.320. The number of thioether (sulfide) groups is 1. The first kappa shape index (κ1) is 23.1. The highest BCUT2D eigenvalue weighted by atomic mass is 32.2. The summed E-state index contributed by atoms with van der Waals surface area (Å²) >= 11 is 1.59. The highest BCUT2D eigenvalue weighted by molar-refractivity contribution is 7.99. The first-order valence-electron chi connectivity index (χ1n) is 11.1. The van der Waals surface area contributed by atoms with Gasteiger partial charge in [-0.3, -0.25) is 4.79 Å². The number of ether oxygens (including phenoxy) is 1. The number of para-hydroxylation sites is 1. The molecule has 5 rings (SSSR count). The van der Waals surface area contributed by atoms with E-state index in [4.69, 9.17) is 9.84 Å². The Hall–Kier alpha value is -3.71. The Morgan fingerprint density at radius 1 is 1.03 bits per heavy atom. The van der Waals surface area contributed by atoms with Gasteiger partial charge in [0.1, 0.15) is 12.4 Å². The molecule has 0 fully saturated rings. The molecule has 7 heteroatoms. The van der Waals surface area contributed by atoms with E-state index in [-0.39, 0.29) is 11.7 Å². The molecule has 0 saturated carbocycles. The van der Waals surface area contributed by atoms with Gasteiger partial charge in [0.05, 0.1) is 22.9 Å². The van der Waals surface area contributed by atoms with Crippen LogP contribution in [0.1, 0.15) is 39.6 Å². The first-order chi connectivity index (χ1) is 17.0. The van der Waals surface area contributed by atoms with Crippen LogP contribution in [0, 0.1) is 11.6 Å². The van der Waals surface area contributed by atoms with Crippen LogP contribution in [0.15, 0.2) is 66.7 Å². The van der Waals surface area contributed by atoms with Crippen molar-refractivity contribution in [3.63, 3.8) is 0 Å². The Morgan fingerprint density at radius 2 is 1.86 bits per heavy atom. The van der Waals surface area contributed by atoms with Gasteiger partial charge >= 0.3 is 5.97 Å². The van der Waals surface area contributed by atoms with Crippen LogP contribution >= 0.6 is 11.8 Å². The summed E-state index contributed by atoms with van der Waals surface area (Å²) in [7, 11) is 0. The number of pyridine rings is 1. The van der Waals surface area contributed by atoms with Crippen molar-refractivity contribution in [1.82, 2.24) is 4.98 Å². The number of halogens is 2. The predicted octanol–water partition coefficient (Wildman–Crippen LogP) is 6.87. The van der Waals surface area contributed by atoms with Crippen LogP contribution in [0.25, 0.3) is 23.1 Å². The van der Waals surface area contributed by atoms with E-state index in [1.54, 1.807) is 23.9 Å². The van der Waals surface area contributed by atoms with E-state index in [0.29, 0.717) is 29.0 Å². The van der Waals surface area contributed by atoms with Gasteiger partial charge in [0.25, 0.3) is 0 Å². The van der Waals surface area contributed by atoms with Crippen molar-refractivity contribution in [2.75, 3.05) is 5.75 Å². The zero-order chi connectivity index (χ0) is 24.4. The fraction of sp³-hybridized carbons (Fsp3) is 0.143. The van der Waals surface area contributed by atoms with E-state index in [9.17, 15) is 13.6 Å². The maximum Gasteiger partial charge on any atom is 0.304 e. The molecular weight excluding hydrogens is 468 g/mol. The normalized spacial score (nSPS) is 14.9. The Bertz CT molecular complexity index is 1450. The SMILES string of the molecule is O=C(O)CCSC1c2cc(/C=C/c3ccc4cc(F)c(F)cc4n3)ccc2COc2ccccc21. The molecule has 1 atom stereocenters. The van der Waals surface area contributed by atoms with Crippen LogP contribution in [-0.2, 0) is 11.4 Å². The highest BCUT2D eigenvalue weighted by Gasteiger charge is 2.25. The van der Waals surface area contributed by atoms with Gasteiger partial charge in [-0.25, -0.2) is 13.8 Å². The average Bonchev–Trinajstić information content (AvgIpc) is 3.00. The molecule has 1 aromatic heterocycles. The first-order valence-corrected chi connectivity index (χ1v) is 12.1. The van der Waals surface area contributed by atoms with Crippen molar-refractivity contribution in [3.05, 3.63) is 106 Å². The van der Waals surface area contributed by atoms with Crippen LogP contribution < -0.4 is 4.74 Å². The summed E-state index contributed by atoms with van der Waals surface area (Å²) in [5.41, 5.74) is 5.10. The lowest BCUT2D eigenvalue weighted by Crippen LogP contribution is -2.03. The maximum absolute atomic E-state index is 13.6. The minimum Gasteiger partial charge on any atom is -0.489 e. The second-order valence-corrected chi connectivity index (χ2v) is 9.42. The standard InChI is InChI=1S/C28H21F2NO3S/c29-23-14-18-8-10-20(31-25(18)15-24(23)30)9-6-17-5-7-19-16-34-26-4-2-1-3-21(26)28(22(19)13-17)35-12-11-27(32)33/h1-10,13-15,28H,11-12,16H2,(H,32,33)/b9-6+. The van der Waals surface area contributed by atoms with Crippen molar-refractivity contribution in [3.8, 4) is 5.75 Å². The number of nitrogens with zero attached hydrogens (tertiary/aromatic N) is 1. The van der Waals surface area contributed by atoms with Crippen molar-refractivity contribution in [2.45, 2.75) is 18.3 Å². The minimum absolute atomic E-state index is 0.0620. The van der Waals surface area contributed by atoms with E-state index in [1.807, 2.05) is 48.6 Å². The second-order valence-electron chi connectivity index (χ2n) is 8.21. The number of fused-ring (bicyclic) bond motifs is 3. The molecular formula is C28H21F2NO3S. The molecule has 0 spiro atoms. The third kappa shape index (κ3) is 5.05. The van der Waals surface area contributed by atoms with Gasteiger partial charge in [0.15, 0.2) is 11.6 Å². The summed E-state index contributed by atoms with van der Waals surface area (Å²) in [5.74, 6) is -1.36. The number of carboxylic acids is 1. The lowest BCUT2D eigenvalue weighted by atomic mass is 9.97. The topological polar surface area (TPSA) is 59.4 Å². The number of aliphatic carboxylic acids is 1. The maximum atomic E-state index is 13.6. The van der Waals surface area contributed by atoms with E-state index < -0.39 is 17.6 Å². The average molecular weight is 490 g/mol. The van der Waals surface area contributed by atoms with Crippen molar-refractivity contribution in [2.24, 2.45) is 0 Å². The van der Waals surface area contributed by atoms with Gasteiger partial charge in [0, 0.05) is 22.8 Å². The molecule has 0 radical (unpaired) electrons. The molecule has 1 aliphatic heterocycles. The molecule has 1 N–H and O–H groups in total. The van der Waals surface area contributed by atoms with Crippen LogP contribution in [0.2, 0.25) is 0 Å². The Labute approximate surface area is 205 Å². The van der Waals surface area contributed by atoms with E-state index in [0.717, 1.165) is 40.1 Å². The van der Waals surface area contributed by atoms with Crippen LogP contribution in [-0.4, -0.2) is 21.8 Å². The Balaban J connectivity index is 1.47. The third-order valence-corrected chi connectivity index (χ3v) is 7.12. The number of rotatable bonds is 6. The molecule has 0 aliphatic carbocycles. The number of aromatic nitrogens is 1. The molecule has 1 aliphatic rings. The summed E-state index contributed by atoms with van der Waals surface area (Å²) in [6.07, 6.45) is 3.83. The lowest BCUT2D eigenvalue weighted by molar-refractivity contribution is -0.136. The third-order valence-electron chi connectivity index (χ3n) is 5.84. The summed E-state index contributed by atoms with van der Waals surface area (Å²) in [4.78, 5) is 15.5. The van der Waals surface area contributed by atoms with E-state index >= 15 is 0 Å². The zero-order valence-electron chi connectivity index (χ0n) is 18.6. The van der Waals surface area contributed by atoms with Gasteiger partial charge in [-0.1, -0.05) is 42.5 Å². The van der Waals surface area contributed by atoms with Gasteiger partial charge < -0.3 is 9.84 Å². The predicted molar refractivity (Wildman–Crippen MR) is 134 cm³/mol. The molecule has 4 nitrogen and oxygen atoms in total. The largest absolute Gasteiger partial charge is 0.489 e. The van der Waals surface area contributed by atoms with Crippen LogP contribution in [0.3, 0.4) is 0 Å². The highest BCUT2D eigenvalue weighted by Crippen LogP contribution is 2.44. The van der Waals surface area contributed by atoms with E-state index in [2.05, 4.69) is 11.1 Å². The molecule has 35 heavy (non-hydrogen) atoms. The van der Waals surface area contributed by atoms with Crippen LogP contribution in [0.4, 0.5) is 8.78 Å². The summed E-state index contributed by atoms with van der Waals surface area (Å²) in [6.45, 7) is 0.431. The number of hydrogen-bond donors (Lipinski definition) is 1. The van der Waals surface area contributed by atoms with Crippen molar-refractivity contribution in [1.29, 1.82) is 0 Å². The van der Waals surface area contributed by atoms with Gasteiger partial charge in [0.2, 0.25) is 0 Å². The summed E-state index contributed by atoms with van der Waals surface area (Å²) in [6, 6.07) is 19.7. The molecule has 0 bridgehead atoms. The van der Waals surface area contributed by atoms with Crippen molar-refractivity contribution >= 4 is 40.8 Å². The molecule has 176 valence electrons. The Morgan fingerprint density at radius 3 is 2.71 bits per heavy atom. The molecule has 4 aromatic rings. The number of hydrogen-bond acceptors (Lipinski definition) is 4. The fourth-order valence-electron chi connectivity index (χ4n) is 4.10. The summed E-state index contributed by atoms with van der Waals surface area (Å²) in [5, 5.41) is 9.59. The lowest BCUT2D eigenvalue weighted by Gasteiger charge is -2.19. The van der Waals surface area contributed by atoms with Gasteiger partial charge in [-0.15, -0.1) is 11.8 Å². The smallest absolute Gasteiger partial charge is 0.304 e. The monoisotopic (exact) mass is 489 g/mol. The molecule has 0 saturated heterocycles. The number of carboxylic acid groups (broad SMARTS) is 1. The number of carbonyl (C=O) groups is 1. The molecule has 1 unspecified atom stereocenters. The van der Waals surface area contributed by atoms with Crippen LogP contribution in [0.5, 0.6) is 5.75 Å². The Kier molecular flexibility index (Phi) is 6.51.